The number of amides is 1. The highest BCUT2D eigenvalue weighted by Crippen LogP contribution is 2.29. The number of halogens is 1. The fourth-order valence-electron chi connectivity index (χ4n) is 1.42. The van der Waals surface area contributed by atoms with Crippen LogP contribution in [-0.4, -0.2) is 32.2 Å². The van der Waals surface area contributed by atoms with Crippen molar-refractivity contribution in [2.45, 2.75) is 11.8 Å². The Kier molecular flexibility index (Phi) is 4.20. The monoisotopic (exact) mass is 291 g/mol. The zero-order valence-corrected chi connectivity index (χ0v) is 11.5. The molecule has 6 nitrogen and oxygen atoms in total. The Morgan fingerprint density at radius 1 is 1.44 bits per heavy atom. The Morgan fingerprint density at radius 2 is 2.00 bits per heavy atom. The summed E-state index contributed by atoms with van der Waals surface area (Å²) in [6, 6.07) is 2.82. The Bertz CT molecular complexity index is 586. The predicted molar refractivity (Wildman–Crippen MR) is 69.6 cm³/mol. The number of benzene rings is 1. The summed E-state index contributed by atoms with van der Waals surface area (Å²) in [6.45, 7) is 1.22. The fourth-order valence-corrected chi connectivity index (χ4v) is 3.13. The number of nitrogen functional groups attached to an aromatic ring is 1. The van der Waals surface area contributed by atoms with Gasteiger partial charge in [0.15, 0.2) is 0 Å². The van der Waals surface area contributed by atoms with Crippen molar-refractivity contribution in [3.63, 3.8) is 0 Å². The van der Waals surface area contributed by atoms with Crippen molar-refractivity contribution in [2.75, 3.05) is 19.3 Å². The van der Waals surface area contributed by atoms with E-state index in [0.29, 0.717) is 5.56 Å². The fraction of sp³-hybridized carbons (Fsp3) is 0.300. The number of carbonyl (C=O) groups is 1. The number of aryl methyl sites for hydroxylation is 1. The van der Waals surface area contributed by atoms with Gasteiger partial charge in [-0.3, -0.25) is 4.79 Å². The first-order valence-electron chi connectivity index (χ1n) is 4.96. The average Bonchev–Trinajstić information content (AvgIpc) is 2.22. The van der Waals surface area contributed by atoms with Gasteiger partial charge in [-0.15, -0.1) is 0 Å². The molecule has 0 spiro atoms. The number of nitrogens with two attached hydrogens (primary N) is 2. The number of likely N-dealkylation sites (N-methyl/N-ethyl adjacent to an activating group) is 1. The van der Waals surface area contributed by atoms with Gasteiger partial charge in [-0.05, 0) is 24.6 Å². The third kappa shape index (κ3) is 2.92. The van der Waals surface area contributed by atoms with E-state index in [2.05, 4.69) is 0 Å². The molecule has 0 saturated carbocycles. The molecule has 0 aliphatic heterocycles. The minimum Gasteiger partial charge on any atom is -0.399 e. The smallest absolute Gasteiger partial charge is 0.244 e. The number of carbonyl (C=O) groups excluding carboxylic acids is 1. The van der Waals surface area contributed by atoms with E-state index in [1.807, 2.05) is 0 Å². The molecule has 18 heavy (non-hydrogen) atoms. The minimum absolute atomic E-state index is 0.0838. The van der Waals surface area contributed by atoms with E-state index < -0.39 is 22.5 Å². The minimum atomic E-state index is -3.89. The molecule has 1 aromatic carbocycles. The predicted octanol–water partition coefficient (Wildman–Crippen LogP) is 0.336. The molecule has 1 rings (SSSR count). The van der Waals surface area contributed by atoms with Crippen LogP contribution in [0.3, 0.4) is 0 Å². The van der Waals surface area contributed by atoms with Crippen LogP contribution in [0.2, 0.25) is 5.02 Å². The highest BCUT2D eigenvalue weighted by atomic mass is 35.5. The zero-order chi connectivity index (χ0) is 14.1. The van der Waals surface area contributed by atoms with Gasteiger partial charge in [0, 0.05) is 12.7 Å². The molecule has 1 amide bonds. The summed E-state index contributed by atoms with van der Waals surface area (Å²) in [7, 11) is -2.64. The van der Waals surface area contributed by atoms with Crippen molar-refractivity contribution in [1.82, 2.24) is 4.31 Å². The first-order valence-corrected chi connectivity index (χ1v) is 6.78. The molecule has 8 heteroatoms. The topological polar surface area (TPSA) is 106 Å². The van der Waals surface area contributed by atoms with Crippen LogP contribution >= 0.6 is 11.6 Å². The van der Waals surface area contributed by atoms with Crippen LogP contribution in [0.5, 0.6) is 0 Å². The molecule has 0 aliphatic carbocycles. The van der Waals surface area contributed by atoms with Gasteiger partial charge in [0.25, 0.3) is 0 Å². The van der Waals surface area contributed by atoms with E-state index in [0.717, 1.165) is 4.31 Å². The number of hydrogen-bond donors (Lipinski definition) is 2. The Morgan fingerprint density at radius 3 is 2.50 bits per heavy atom. The zero-order valence-electron chi connectivity index (χ0n) is 9.97. The molecule has 1 aromatic rings. The molecule has 4 N–H and O–H groups in total. The summed E-state index contributed by atoms with van der Waals surface area (Å²) >= 11 is 5.95. The lowest BCUT2D eigenvalue weighted by atomic mass is 10.2. The number of nitrogens with zero attached hydrogens (tertiary/aromatic N) is 1. The van der Waals surface area contributed by atoms with Crippen molar-refractivity contribution in [3.8, 4) is 0 Å². The van der Waals surface area contributed by atoms with Gasteiger partial charge in [-0.1, -0.05) is 11.6 Å². The van der Waals surface area contributed by atoms with Crippen molar-refractivity contribution >= 4 is 33.2 Å². The van der Waals surface area contributed by atoms with E-state index >= 15 is 0 Å². The molecule has 0 unspecified atom stereocenters. The summed E-state index contributed by atoms with van der Waals surface area (Å²) in [5.41, 5.74) is 11.4. The summed E-state index contributed by atoms with van der Waals surface area (Å²) in [4.78, 5) is 10.6. The van der Waals surface area contributed by atoms with Crippen LogP contribution in [0.1, 0.15) is 5.56 Å². The number of anilines is 1. The third-order valence-electron chi connectivity index (χ3n) is 2.31. The van der Waals surface area contributed by atoms with Gasteiger partial charge >= 0.3 is 0 Å². The van der Waals surface area contributed by atoms with E-state index in [9.17, 15) is 13.2 Å². The highest BCUT2D eigenvalue weighted by Gasteiger charge is 2.25. The van der Waals surface area contributed by atoms with Gasteiger partial charge in [-0.2, -0.15) is 4.31 Å². The lowest BCUT2D eigenvalue weighted by Gasteiger charge is -2.17. The number of hydrogen-bond acceptors (Lipinski definition) is 4. The van der Waals surface area contributed by atoms with Gasteiger partial charge in [-0.25, -0.2) is 8.42 Å². The van der Waals surface area contributed by atoms with Crippen LogP contribution in [0, 0.1) is 6.92 Å². The van der Waals surface area contributed by atoms with E-state index in [1.54, 1.807) is 13.0 Å². The normalized spacial score (nSPS) is 11.8. The van der Waals surface area contributed by atoms with E-state index in [4.69, 9.17) is 23.1 Å². The molecule has 100 valence electrons. The summed E-state index contributed by atoms with van der Waals surface area (Å²) < 4.78 is 25.2. The Balaban J connectivity index is 3.33. The molecule has 0 radical (unpaired) electrons. The quantitative estimate of drug-likeness (QED) is 0.780. The summed E-state index contributed by atoms with van der Waals surface area (Å²) in [5.74, 6) is -0.752. The molecule has 0 aliphatic rings. The van der Waals surface area contributed by atoms with Crippen molar-refractivity contribution in [1.29, 1.82) is 0 Å². The van der Waals surface area contributed by atoms with Crippen LogP contribution in [0.4, 0.5) is 5.69 Å². The maximum atomic E-state index is 12.2. The SMILES string of the molecule is Cc1cc(N)cc(S(=O)(=O)N(C)CC(N)=O)c1Cl. The summed E-state index contributed by atoms with van der Waals surface area (Å²) in [5, 5.41) is 0.0838. The molecule has 0 bridgehead atoms. The standard InChI is InChI=1S/C10H14ClN3O3S/c1-6-3-7(12)4-8(10(6)11)18(16,17)14(2)5-9(13)15/h3-4H,5,12H2,1-2H3,(H2,13,15). The lowest BCUT2D eigenvalue weighted by Crippen LogP contribution is -2.35. The Labute approximate surface area is 111 Å². The number of rotatable bonds is 4. The molecular formula is C10H14ClN3O3S. The summed E-state index contributed by atoms with van der Waals surface area (Å²) in [6.07, 6.45) is 0. The first-order chi connectivity index (χ1) is 8.16. The third-order valence-corrected chi connectivity index (χ3v) is 4.75. The van der Waals surface area contributed by atoms with Crippen LogP contribution in [0.25, 0.3) is 0 Å². The van der Waals surface area contributed by atoms with Crippen molar-refractivity contribution in [2.24, 2.45) is 5.73 Å². The van der Waals surface area contributed by atoms with Crippen LogP contribution < -0.4 is 11.5 Å². The van der Waals surface area contributed by atoms with E-state index in [-0.39, 0.29) is 15.6 Å². The first kappa shape index (κ1) is 14.7. The van der Waals surface area contributed by atoms with E-state index in [1.165, 1.54) is 13.1 Å². The maximum absolute atomic E-state index is 12.2. The van der Waals surface area contributed by atoms with Crippen LogP contribution in [-0.2, 0) is 14.8 Å². The van der Waals surface area contributed by atoms with Gasteiger partial charge in [0.2, 0.25) is 15.9 Å². The Hall–Kier alpha value is -1.31. The lowest BCUT2D eigenvalue weighted by molar-refractivity contribution is -0.118. The van der Waals surface area contributed by atoms with Gasteiger partial charge < -0.3 is 11.5 Å². The number of sulfonamides is 1. The van der Waals surface area contributed by atoms with Crippen molar-refractivity contribution < 1.29 is 13.2 Å². The molecule has 0 atom stereocenters. The van der Waals surface area contributed by atoms with Gasteiger partial charge in [0.05, 0.1) is 11.6 Å². The van der Waals surface area contributed by atoms with Gasteiger partial charge in [0.1, 0.15) is 4.90 Å². The second kappa shape index (κ2) is 5.13. The molecule has 0 heterocycles. The second-order valence-electron chi connectivity index (χ2n) is 3.88. The average molecular weight is 292 g/mol. The van der Waals surface area contributed by atoms with Crippen LogP contribution in [0.15, 0.2) is 17.0 Å². The highest BCUT2D eigenvalue weighted by molar-refractivity contribution is 7.89. The van der Waals surface area contributed by atoms with Crippen molar-refractivity contribution in [3.05, 3.63) is 22.7 Å². The maximum Gasteiger partial charge on any atom is 0.244 e. The number of primary amides is 1. The second-order valence-corrected chi connectivity index (χ2v) is 6.27. The molecule has 0 saturated heterocycles. The molecular weight excluding hydrogens is 278 g/mol. The molecule has 0 fully saturated rings. The largest absolute Gasteiger partial charge is 0.399 e. The molecule has 0 aromatic heterocycles.